The number of hydrogen-bond donors (Lipinski definition) is 0. The fraction of sp³-hybridized carbons (Fsp3) is 0.462. The zero-order valence-electron chi connectivity index (χ0n) is 10.0. The lowest BCUT2D eigenvalue weighted by atomic mass is 10.1. The summed E-state index contributed by atoms with van der Waals surface area (Å²) in [7, 11) is 0. The molecule has 0 aromatic heterocycles. The van der Waals surface area contributed by atoms with Crippen LogP contribution in [0, 0.1) is 5.82 Å². The summed E-state index contributed by atoms with van der Waals surface area (Å²) in [5.74, 6) is -0.236. The Hall–Kier alpha value is -1.00. The second-order valence-corrected chi connectivity index (χ2v) is 4.86. The Morgan fingerprint density at radius 2 is 1.76 bits per heavy atom. The van der Waals surface area contributed by atoms with Crippen LogP contribution in [0.25, 0.3) is 0 Å². The Morgan fingerprint density at radius 3 is 2.29 bits per heavy atom. The summed E-state index contributed by atoms with van der Waals surface area (Å²) in [5.41, 5.74) is 0.891. The highest BCUT2D eigenvalue weighted by Gasteiger charge is 2.24. The summed E-state index contributed by atoms with van der Waals surface area (Å²) in [6.45, 7) is 5.66. The van der Waals surface area contributed by atoms with Crippen LogP contribution in [0.3, 0.4) is 0 Å². The molecule has 0 N–H and O–H groups in total. The number of morpholine rings is 1. The van der Waals surface area contributed by atoms with Crippen molar-refractivity contribution in [3.63, 3.8) is 0 Å². The molecule has 1 fully saturated rings. The van der Waals surface area contributed by atoms with Crippen molar-refractivity contribution in [1.82, 2.24) is 4.90 Å². The molecule has 2 nitrogen and oxygen atoms in total. The smallest absolute Gasteiger partial charge is 0.123 e. The van der Waals surface area contributed by atoms with Crippen LogP contribution < -0.4 is 0 Å². The molecule has 1 saturated heterocycles. The molecule has 1 heterocycles. The average Bonchev–Trinajstić information content (AvgIpc) is 2.28. The van der Waals surface area contributed by atoms with Crippen LogP contribution in [0.5, 0.6) is 0 Å². The van der Waals surface area contributed by atoms with Crippen LogP contribution in [-0.2, 0) is 4.74 Å². The highest BCUT2D eigenvalue weighted by Crippen LogP contribution is 2.15. The first-order chi connectivity index (χ1) is 8.06. The summed E-state index contributed by atoms with van der Waals surface area (Å²) in [5, 5.41) is 0. The SMILES string of the molecule is C[C@@H]1CN(C(=S)c2ccc(F)cc2)C[C@@H](C)O1. The molecular formula is C13H16FNOS. The van der Waals surface area contributed by atoms with Gasteiger partial charge in [-0.3, -0.25) is 0 Å². The second kappa shape index (κ2) is 5.10. The highest BCUT2D eigenvalue weighted by atomic mass is 32.1. The fourth-order valence-corrected chi connectivity index (χ4v) is 2.40. The minimum atomic E-state index is -0.236. The molecule has 0 bridgehead atoms. The van der Waals surface area contributed by atoms with E-state index in [-0.39, 0.29) is 18.0 Å². The van der Waals surface area contributed by atoms with Gasteiger partial charge >= 0.3 is 0 Å². The lowest BCUT2D eigenvalue weighted by molar-refractivity contribution is -0.0472. The van der Waals surface area contributed by atoms with E-state index in [0.29, 0.717) is 0 Å². The van der Waals surface area contributed by atoms with Gasteiger partial charge in [-0.25, -0.2) is 4.39 Å². The highest BCUT2D eigenvalue weighted by molar-refractivity contribution is 7.80. The van der Waals surface area contributed by atoms with Crippen molar-refractivity contribution in [2.24, 2.45) is 0 Å². The first-order valence-electron chi connectivity index (χ1n) is 5.76. The summed E-state index contributed by atoms with van der Waals surface area (Å²) in [6, 6.07) is 6.33. The van der Waals surface area contributed by atoms with Gasteiger partial charge in [-0.2, -0.15) is 0 Å². The molecule has 2 atom stereocenters. The minimum absolute atomic E-state index is 0.178. The molecule has 2 rings (SSSR count). The van der Waals surface area contributed by atoms with Crippen molar-refractivity contribution < 1.29 is 9.13 Å². The number of rotatable bonds is 1. The number of nitrogens with zero attached hydrogens (tertiary/aromatic N) is 1. The number of hydrogen-bond acceptors (Lipinski definition) is 2. The van der Waals surface area contributed by atoms with Gasteiger partial charge in [0.05, 0.1) is 12.2 Å². The van der Waals surface area contributed by atoms with Gasteiger partial charge in [0.15, 0.2) is 0 Å². The molecule has 1 aromatic rings. The minimum Gasteiger partial charge on any atom is -0.372 e. The van der Waals surface area contributed by atoms with Crippen molar-refractivity contribution in [3.8, 4) is 0 Å². The van der Waals surface area contributed by atoms with E-state index in [2.05, 4.69) is 4.90 Å². The summed E-state index contributed by atoms with van der Waals surface area (Å²) >= 11 is 5.44. The zero-order valence-corrected chi connectivity index (χ0v) is 10.8. The molecule has 1 aromatic carbocycles. The quantitative estimate of drug-likeness (QED) is 0.714. The van der Waals surface area contributed by atoms with Crippen LogP contribution in [0.4, 0.5) is 4.39 Å². The first-order valence-corrected chi connectivity index (χ1v) is 6.17. The van der Waals surface area contributed by atoms with Crippen LogP contribution >= 0.6 is 12.2 Å². The maximum absolute atomic E-state index is 12.8. The largest absolute Gasteiger partial charge is 0.372 e. The van der Waals surface area contributed by atoms with Crippen LogP contribution in [0.1, 0.15) is 19.4 Å². The number of halogens is 1. The van der Waals surface area contributed by atoms with Crippen LogP contribution in [0.2, 0.25) is 0 Å². The zero-order chi connectivity index (χ0) is 12.4. The fourth-order valence-electron chi connectivity index (χ4n) is 2.12. The van der Waals surface area contributed by atoms with Gasteiger partial charge in [-0.1, -0.05) is 12.2 Å². The van der Waals surface area contributed by atoms with E-state index in [1.807, 2.05) is 13.8 Å². The van der Waals surface area contributed by atoms with Gasteiger partial charge in [-0.15, -0.1) is 0 Å². The van der Waals surface area contributed by atoms with E-state index < -0.39 is 0 Å². The van der Waals surface area contributed by atoms with E-state index in [1.165, 1.54) is 12.1 Å². The summed E-state index contributed by atoms with van der Waals surface area (Å²) in [4.78, 5) is 2.90. The van der Waals surface area contributed by atoms with Gasteiger partial charge in [0.2, 0.25) is 0 Å². The summed E-state index contributed by atoms with van der Waals surface area (Å²) in [6.07, 6.45) is 0.356. The maximum Gasteiger partial charge on any atom is 0.123 e. The van der Waals surface area contributed by atoms with E-state index >= 15 is 0 Å². The van der Waals surface area contributed by atoms with Crippen LogP contribution in [-0.4, -0.2) is 35.2 Å². The standard InChI is InChI=1S/C13H16FNOS/c1-9-7-15(8-10(2)16-9)13(17)11-3-5-12(14)6-4-11/h3-6,9-10H,7-8H2,1-2H3/t9-,10-/m1/s1. The molecule has 0 radical (unpaired) electrons. The van der Waals surface area contributed by atoms with E-state index in [4.69, 9.17) is 17.0 Å². The molecule has 92 valence electrons. The number of ether oxygens (including phenoxy) is 1. The predicted octanol–water partition coefficient (Wildman–Crippen LogP) is 2.61. The molecule has 1 aliphatic heterocycles. The Bertz CT molecular complexity index is 396. The molecule has 0 spiro atoms. The van der Waals surface area contributed by atoms with Gasteiger partial charge in [0, 0.05) is 18.7 Å². The Balaban J connectivity index is 2.11. The Morgan fingerprint density at radius 1 is 1.24 bits per heavy atom. The van der Waals surface area contributed by atoms with Gasteiger partial charge < -0.3 is 9.64 Å². The normalized spacial score (nSPS) is 24.8. The van der Waals surface area contributed by atoms with Crippen molar-refractivity contribution in [2.45, 2.75) is 26.1 Å². The second-order valence-electron chi connectivity index (χ2n) is 4.47. The van der Waals surface area contributed by atoms with Crippen molar-refractivity contribution in [3.05, 3.63) is 35.6 Å². The molecule has 17 heavy (non-hydrogen) atoms. The molecular weight excluding hydrogens is 237 g/mol. The van der Waals surface area contributed by atoms with Crippen molar-refractivity contribution in [2.75, 3.05) is 13.1 Å². The van der Waals surface area contributed by atoms with E-state index in [1.54, 1.807) is 12.1 Å². The first kappa shape index (κ1) is 12.5. The van der Waals surface area contributed by atoms with Crippen molar-refractivity contribution >= 4 is 17.2 Å². The third-order valence-corrected chi connectivity index (χ3v) is 3.29. The Kier molecular flexibility index (Phi) is 3.74. The summed E-state index contributed by atoms with van der Waals surface area (Å²) < 4.78 is 18.5. The Labute approximate surface area is 106 Å². The maximum atomic E-state index is 12.8. The lowest BCUT2D eigenvalue weighted by Gasteiger charge is -2.37. The number of thiocarbonyl (C=S) groups is 1. The van der Waals surface area contributed by atoms with E-state index in [0.717, 1.165) is 23.6 Å². The van der Waals surface area contributed by atoms with Gasteiger partial charge in [0.25, 0.3) is 0 Å². The predicted molar refractivity (Wildman–Crippen MR) is 69.7 cm³/mol. The topological polar surface area (TPSA) is 12.5 Å². The molecule has 0 saturated carbocycles. The van der Waals surface area contributed by atoms with Gasteiger partial charge in [0.1, 0.15) is 10.8 Å². The molecule has 0 unspecified atom stereocenters. The molecule has 0 aliphatic carbocycles. The van der Waals surface area contributed by atoms with Gasteiger partial charge in [-0.05, 0) is 38.1 Å². The third kappa shape index (κ3) is 3.01. The molecule has 4 heteroatoms. The third-order valence-electron chi connectivity index (χ3n) is 2.80. The lowest BCUT2D eigenvalue weighted by Crippen LogP contribution is -2.47. The van der Waals surface area contributed by atoms with Crippen molar-refractivity contribution in [1.29, 1.82) is 0 Å². The number of benzene rings is 1. The van der Waals surface area contributed by atoms with Crippen LogP contribution in [0.15, 0.2) is 24.3 Å². The van der Waals surface area contributed by atoms with E-state index in [9.17, 15) is 4.39 Å². The average molecular weight is 253 g/mol. The monoisotopic (exact) mass is 253 g/mol. The molecule has 1 aliphatic rings. The molecule has 0 amide bonds.